The van der Waals surface area contributed by atoms with E-state index in [0.717, 1.165) is 18.5 Å². The summed E-state index contributed by atoms with van der Waals surface area (Å²) in [5, 5.41) is 3.49. The highest BCUT2D eigenvalue weighted by Crippen LogP contribution is 2.35. The molecule has 0 radical (unpaired) electrons. The molecule has 0 spiro atoms. The van der Waals surface area contributed by atoms with E-state index in [1.54, 1.807) is 6.07 Å². The van der Waals surface area contributed by atoms with Crippen molar-refractivity contribution in [1.82, 2.24) is 0 Å². The Morgan fingerprint density at radius 1 is 1.38 bits per heavy atom. The summed E-state index contributed by atoms with van der Waals surface area (Å²) in [4.78, 5) is 0. The molecular formula is C12H16ClFN2. The maximum absolute atomic E-state index is 13.1. The zero-order chi connectivity index (χ0) is 11.8. The van der Waals surface area contributed by atoms with Gasteiger partial charge in [0.05, 0.1) is 16.4 Å². The van der Waals surface area contributed by atoms with Crippen LogP contribution in [0.2, 0.25) is 5.02 Å². The second-order valence-corrected chi connectivity index (χ2v) is 5.15. The molecular weight excluding hydrogens is 227 g/mol. The smallest absolute Gasteiger partial charge is 0.143 e. The van der Waals surface area contributed by atoms with Crippen LogP contribution in [-0.4, -0.2) is 5.54 Å². The van der Waals surface area contributed by atoms with Crippen molar-refractivity contribution in [3.8, 4) is 0 Å². The van der Waals surface area contributed by atoms with Gasteiger partial charge in [-0.3, -0.25) is 0 Å². The molecule has 0 aromatic heterocycles. The van der Waals surface area contributed by atoms with Crippen LogP contribution < -0.4 is 11.1 Å². The first kappa shape index (κ1) is 11.5. The average molecular weight is 243 g/mol. The minimum absolute atomic E-state index is 0.0648. The molecule has 0 saturated heterocycles. The van der Waals surface area contributed by atoms with Crippen LogP contribution in [0.4, 0.5) is 15.8 Å². The molecule has 0 unspecified atom stereocenters. The predicted octanol–water partition coefficient (Wildman–Crippen LogP) is 3.81. The topological polar surface area (TPSA) is 38.0 Å². The molecule has 4 heteroatoms. The van der Waals surface area contributed by atoms with E-state index in [4.69, 9.17) is 17.3 Å². The molecule has 2 nitrogen and oxygen atoms in total. The molecule has 0 atom stereocenters. The summed E-state index contributed by atoms with van der Waals surface area (Å²) in [5.41, 5.74) is 6.98. The van der Waals surface area contributed by atoms with E-state index < -0.39 is 5.82 Å². The molecule has 16 heavy (non-hydrogen) atoms. The molecule has 1 aromatic rings. The second-order valence-electron chi connectivity index (χ2n) is 4.75. The lowest BCUT2D eigenvalue weighted by Gasteiger charge is -2.27. The Balaban J connectivity index is 2.24. The summed E-state index contributed by atoms with van der Waals surface area (Å²) in [6.45, 7) is 2.16. The lowest BCUT2D eigenvalue weighted by Crippen LogP contribution is -2.31. The van der Waals surface area contributed by atoms with Gasteiger partial charge in [-0.1, -0.05) is 24.4 Å². The molecule has 1 fully saturated rings. The van der Waals surface area contributed by atoms with E-state index in [1.165, 1.54) is 18.9 Å². The fourth-order valence-electron chi connectivity index (χ4n) is 2.28. The summed E-state index contributed by atoms with van der Waals surface area (Å²) < 4.78 is 13.1. The molecule has 1 aliphatic rings. The number of nitrogens with one attached hydrogen (secondary N) is 1. The Bertz CT molecular complexity index is 400. The summed E-state index contributed by atoms with van der Waals surface area (Å²) >= 11 is 5.75. The van der Waals surface area contributed by atoms with Crippen molar-refractivity contribution >= 4 is 23.0 Å². The van der Waals surface area contributed by atoms with E-state index >= 15 is 0 Å². The summed E-state index contributed by atoms with van der Waals surface area (Å²) in [6, 6.07) is 2.83. The average Bonchev–Trinajstić information content (AvgIpc) is 2.62. The zero-order valence-corrected chi connectivity index (χ0v) is 10.1. The van der Waals surface area contributed by atoms with Crippen LogP contribution in [0.5, 0.6) is 0 Å². The van der Waals surface area contributed by atoms with Crippen LogP contribution in [0.25, 0.3) is 0 Å². The van der Waals surface area contributed by atoms with E-state index in [2.05, 4.69) is 12.2 Å². The molecule has 88 valence electrons. The third kappa shape index (κ3) is 2.24. The van der Waals surface area contributed by atoms with Crippen molar-refractivity contribution in [2.24, 2.45) is 0 Å². The van der Waals surface area contributed by atoms with Gasteiger partial charge in [0.15, 0.2) is 0 Å². The van der Waals surface area contributed by atoms with Gasteiger partial charge < -0.3 is 11.1 Å². The molecule has 1 saturated carbocycles. The largest absolute Gasteiger partial charge is 0.397 e. The quantitative estimate of drug-likeness (QED) is 0.774. The number of benzene rings is 1. The van der Waals surface area contributed by atoms with Crippen LogP contribution in [0.1, 0.15) is 32.6 Å². The second kappa shape index (κ2) is 4.13. The normalized spacial score (nSPS) is 18.7. The Labute approximate surface area is 100.0 Å². The fourth-order valence-corrected chi connectivity index (χ4v) is 2.44. The van der Waals surface area contributed by atoms with Gasteiger partial charge in [-0.15, -0.1) is 0 Å². The van der Waals surface area contributed by atoms with E-state index in [1.807, 2.05) is 0 Å². The summed E-state index contributed by atoms with van der Waals surface area (Å²) in [5.74, 6) is -0.471. The standard InChI is InChI=1S/C12H16ClFN2/c1-12(4-2-3-5-12)16-11-6-8(13)9(14)7-10(11)15/h6-7,16H,2-5,15H2,1H3. The third-order valence-electron chi connectivity index (χ3n) is 3.24. The number of nitrogens with two attached hydrogens (primary N) is 1. The Morgan fingerprint density at radius 2 is 2.00 bits per heavy atom. The summed E-state index contributed by atoms with van der Waals surface area (Å²) in [7, 11) is 0. The van der Waals surface area contributed by atoms with Crippen LogP contribution >= 0.6 is 11.6 Å². The number of hydrogen-bond donors (Lipinski definition) is 2. The van der Waals surface area contributed by atoms with E-state index in [0.29, 0.717) is 5.69 Å². The maximum atomic E-state index is 13.1. The van der Waals surface area contributed by atoms with Crippen LogP contribution in [0, 0.1) is 5.82 Å². The van der Waals surface area contributed by atoms with Crippen molar-refractivity contribution in [2.75, 3.05) is 11.1 Å². The van der Waals surface area contributed by atoms with Crippen molar-refractivity contribution in [3.05, 3.63) is 23.0 Å². The minimum atomic E-state index is -0.471. The number of halogens is 2. The Hall–Kier alpha value is -0.960. The lowest BCUT2D eigenvalue weighted by molar-refractivity contribution is 0.533. The first-order valence-corrected chi connectivity index (χ1v) is 5.91. The zero-order valence-electron chi connectivity index (χ0n) is 9.32. The molecule has 0 heterocycles. The third-order valence-corrected chi connectivity index (χ3v) is 3.53. The van der Waals surface area contributed by atoms with Gasteiger partial charge >= 0.3 is 0 Å². The van der Waals surface area contributed by atoms with Crippen LogP contribution in [-0.2, 0) is 0 Å². The van der Waals surface area contributed by atoms with E-state index in [9.17, 15) is 4.39 Å². The maximum Gasteiger partial charge on any atom is 0.143 e. The molecule has 1 aromatic carbocycles. The molecule has 3 N–H and O–H groups in total. The number of anilines is 2. The number of rotatable bonds is 2. The molecule has 0 aliphatic heterocycles. The Morgan fingerprint density at radius 3 is 2.62 bits per heavy atom. The van der Waals surface area contributed by atoms with Gasteiger partial charge in [0, 0.05) is 11.6 Å². The monoisotopic (exact) mass is 242 g/mol. The highest BCUT2D eigenvalue weighted by Gasteiger charge is 2.28. The van der Waals surface area contributed by atoms with Crippen molar-refractivity contribution in [2.45, 2.75) is 38.1 Å². The van der Waals surface area contributed by atoms with Gasteiger partial charge in [-0.25, -0.2) is 4.39 Å². The van der Waals surface area contributed by atoms with Gasteiger partial charge in [0.2, 0.25) is 0 Å². The van der Waals surface area contributed by atoms with Crippen molar-refractivity contribution < 1.29 is 4.39 Å². The SMILES string of the molecule is CC1(Nc2cc(Cl)c(F)cc2N)CCCC1. The summed E-state index contributed by atoms with van der Waals surface area (Å²) in [6.07, 6.45) is 4.67. The van der Waals surface area contributed by atoms with Gasteiger partial charge in [-0.05, 0) is 25.8 Å². The highest BCUT2D eigenvalue weighted by molar-refractivity contribution is 6.31. The first-order valence-electron chi connectivity index (χ1n) is 5.53. The van der Waals surface area contributed by atoms with Gasteiger partial charge in [0.25, 0.3) is 0 Å². The Kier molecular flexibility index (Phi) is 2.98. The highest BCUT2D eigenvalue weighted by atomic mass is 35.5. The number of nitrogen functional groups attached to an aromatic ring is 1. The van der Waals surface area contributed by atoms with Gasteiger partial charge in [0.1, 0.15) is 5.82 Å². The fraction of sp³-hybridized carbons (Fsp3) is 0.500. The predicted molar refractivity (Wildman–Crippen MR) is 66.3 cm³/mol. The lowest BCUT2D eigenvalue weighted by atomic mass is 10.00. The van der Waals surface area contributed by atoms with E-state index in [-0.39, 0.29) is 10.6 Å². The number of hydrogen-bond acceptors (Lipinski definition) is 2. The van der Waals surface area contributed by atoms with Crippen LogP contribution in [0.3, 0.4) is 0 Å². The van der Waals surface area contributed by atoms with Crippen LogP contribution in [0.15, 0.2) is 12.1 Å². The molecule has 1 aliphatic carbocycles. The minimum Gasteiger partial charge on any atom is -0.397 e. The van der Waals surface area contributed by atoms with Crippen molar-refractivity contribution in [3.63, 3.8) is 0 Å². The first-order chi connectivity index (χ1) is 7.50. The van der Waals surface area contributed by atoms with Crippen molar-refractivity contribution in [1.29, 1.82) is 0 Å². The molecule has 2 rings (SSSR count). The molecule has 0 bridgehead atoms. The van der Waals surface area contributed by atoms with Gasteiger partial charge in [-0.2, -0.15) is 0 Å². The molecule has 0 amide bonds.